The highest BCUT2D eigenvalue weighted by atomic mass is 16.5. The Morgan fingerprint density at radius 2 is 1.88 bits per heavy atom. The van der Waals surface area contributed by atoms with Gasteiger partial charge in [-0.15, -0.1) is 0 Å². The summed E-state index contributed by atoms with van der Waals surface area (Å²) in [5.41, 5.74) is 0. The minimum atomic E-state index is -0.485. The standard InChI is InChI=1S/C12H25NO3/c1-5-10(6-2)11(14)7-13-12(15)16-8-9(3)4/h9-11,14H,5-8H2,1-4H3,(H,13,15). The number of carbonyl (C=O) groups is 1. The summed E-state index contributed by atoms with van der Waals surface area (Å²) in [4.78, 5) is 11.2. The molecule has 0 aliphatic heterocycles. The summed E-state index contributed by atoms with van der Waals surface area (Å²) in [6.45, 7) is 8.71. The van der Waals surface area contributed by atoms with Crippen LogP contribution in [0, 0.1) is 11.8 Å². The molecule has 4 heteroatoms. The van der Waals surface area contributed by atoms with Crippen molar-refractivity contribution >= 4 is 6.09 Å². The van der Waals surface area contributed by atoms with Crippen LogP contribution in [0.1, 0.15) is 40.5 Å². The van der Waals surface area contributed by atoms with Crippen molar-refractivity contribution in [3.63, 3.8) is 0 Å². The molecule has 0 aliphatic carbocycles. The van der Waals surface area contributed by atoms with Gasteiger partial charge in [-0.3, -0.25) is 0 Å². The smallest absolute Gasteiger partial charge is 0.407 e. The van der Waals surface area contributed by atoms with Crippen LogP contribution in [0.25, 0.3) is 0 Å². The van der Waals surface area contributed by atoms with Gasteiger partial charge in [0.05, 0.1) is 12.7 Å². The Labute approximate surface area is 98.4 Å². The van der Waals surface area contributed by atoms with E-state index in [9.17, 15) is 9.90 Å². The van der Waals surface area contributed by atoms with E-state index in [1.807, 2.05) is 27.7 Å². The zero-order valence-electron chi connectivity index (χ0n) is 10.8. The van der Waals surface area contributed by atoms with E-state index in [1.165, 1.54) is 0 Å². The normalized spacial score (nSPS) is 12.9. The number of nitrogens with one attached hydrogen (secondary N) is 1. The Hall–Kier alpha value is -0.770. The average Bonchev–Trinajstić information content (AvgIpc) is 2.25. The van der Waals surface area contributed by atoms with E-state index in [-0.39, 0.29) is 12.5 Å². The summed E-state index contributed by atoms with van der Waals surface area (Å²) < 4.78 is 4.94. The summed E-state index contributed by atoms with van der Waals surface area (Å²) >= 11 is 0. The van der Waals surface area contributed by atoms with Crippen molar-refractivity contribution in [1.82, 2.24) is 5.32 Å². The van der Waals surface area contributed by atoms with Crippen LogP contribution >= 0.6 is 0 Å². The second-order valence-electron chi connectivity index (χ2n) is 4.52. The molecule has 1 unspecified atom stereocenters. The molecular formula is C12H25NO3. The Morgan fingerprint density at radius 1 is 1.31 bits per heavy atom. The molecule has 1 amide bonds. The van der Waals surface area contributed by atoms with Crippen LogP contribution < -0.4 is 5.32 Å². The first-order valence-corrected chi connectivity index (χ1v) is 6.09. The zero-order valence-corrected chi connectivity index (χ0v) is 10.8. The maximum atomic E-state index is 11.2. The predicted octanol–water partition coefficient (Wildman–Crippen LogP) is 2.17. The molecule has 0 aromatic rings. The van der Waals surface area contributed by atoms with Crippen molar-refractivity contribution in [2.75, 3.05) is 13.2 Å². The third-order valence-electron chi connectivity index (χ3n) is 2.60. The quantitative estimate of drug-likeness (QED) is 0.706. The number of ether oxygens (including phenoxy) is 1. The van der Waals surface area contributed by atoms with E-state index in [0.717, 1.165) is 12.8 Å². The number of aliphatic hydroxyl groups excluding tert-OH is 1. The van der Waals surface area contributed by atoms with Gasteiger partial charge in [-0.1, -0.05) is 40.5 Å². The summed E-state index contributed by atoms with van der Waals surface area (Å²) in [5.74, 6) is 0.570. The molecule has 2 N–H and O–H groups in total. The van der Waals surface area contributed by atoms with Crippen LogP contribution in [-0.4, -0.2) is 30.5 Å². The second-order valence-corrected chi connectivity index (χ2v) is 4.52. The molecule has 0 bridgehead atoms. The fourth-order valence-corrected chi connectivity index (χ4v) is 1.48. The molecule has 0 saturated heterocycles. The number of hydrogen-bond donors (Lipinski definition) is 2. The van der Waals surface area contributed by atoms with Gasteiger partial charge in [-0.05, 0) is 11.8 Å². The van der Waals surface area contributed by atoms with E-state index < -0.39 is 12.2 Å². The second kappa shape index (κ2) is 8.39. The Bertz CT molecular complexity index is 191. The van der Waals surface area contributed by atoms with Crippen molar-refractivity contribution in [3.05, 3.63) is 0 Å². The molecule has 96 valence electrons. The molecular weight excluding hydrogens is 206 g/mol. The van der Waals surface area contributed by atoms with Gasteiger partial charge >= 0.3 is 6.09 Å². The Balaban J connectivity index is 3.73. The molecule has 0 rings (SSSR count). The average molecular weight is 231 g/mol. The van der Waals surface area contributed by atoms with Crippen LogP contribution in [0.3, 0.4) is 0 Å². The lowest BCUT2D eigenvalue weighted by Gasteiger charge is -2.20. The SMILES string of the molecule is CCC(CC)C(O)CNC(=O)OCC(C)C. The van der Waals surface area contributed by atoms with E-state index >= 15 is 0 Å². The Kier molecular flexibility index (Phi) is 7.99. The molecule has 0 fully saturated rings. The maximum Gasteiger partial charge on any atom is 0.407 e. The van der Waals surface area contributed by atoms with E-state index in [2.05, 4.69) is 5.32 Å². The van der Waals surface area contributed by atoms with Crippen molar-refractivity contribution in [2.45, 2.75) is 46.6 Å². The van der Waals surface area contributed by atoms with Crippen LogP contribution in [-0.2, 0) is 4.74 Å². The van der Waals surface area contributed by atoms with Crippen molar-refractivity contribution < 1.29 is 14.6 Å². The lowest BCUT2D eigenvalue weighted by atomic mass is 9.97. The van der Waals surface area contributed by atoms with E-state index in [4.69, 9.17) is 4.74 Å². The van der Waals surface area contributed by atoms with Crippen molar-refractivity contribution in [1.29, 1.82) is 0 Å². The van der Waals surface area contributed by atoms with Crippen molar-refractivity contribution in [3.8, 4) is 0 Å². The molecule has 4 nitrogen and oxygen atoms in total. The summed E-state index contributed by atoms with van der Waals surface area (Å²) in [7, 11) is 0. The van der Waals surface area contributed by atoms with E-state index in [1.54, 1.807) is 0 Å². The van der Waals surface area contributed by atoms with Crippen LogP contribution in [0.4, 0.5) is 4.79 Å². The Morgan fingerprint density at radius 3 is 2.31 bits per heavy atom. The monoisotopic (exact) mass is 231 g/mol. The lowest BCUT2D eigenvalue weighted by Crippen LogP contribution is -2.36. The lowest BCUT2D eigenvalue weighted by molar-refractivity contribution is 0.0906. The fourth-order valence-electron chi connectivity index (χ4n) is 1.48. The first-order chi connectivity index (χ1) is 7.51. The number of rotatable bonds is 7. The highest BCUT2D eigenvalue weighted by molar-refractivity contribution is 5.67. The highest BCUT2D eigenvalue weighted by Crippen LogP contribution is 2.12. The first kappa shape index (κ1) is 15.2. The molecule has 0 heterocycles. The fraction of sp³-hybridized carbons (Fsp3) is 0.917. The topological polar surface area (TPSA) is 58.6 Å². The molecule has 0 radical (unpaired) electrons. The van der Waals surface area contributed by atoms with Crippen LogP contribution in [0.5, 0.6) is 0 Å². The minimum Gasteiger partial charge on any atom is -0.449 e. The molecule has 16 heavy (non-hydrogen) atoms. The van der Waals surface area contributed by atoms with Gasteiger partial charge in [-0.25, -0.2) is 4.79 Å². The van der Waals surface area contributed by atoms with Crippen molar-refractivity contribution in [2.24, 2.45) is 11.8 Å². The third-order valence-corrected chi connectivity index (χ3v) is 2.60. The number of carbonyl (C=O) groups excluding carboxylic acids is 1. The number of alkyl carbamates (subject to hydrolysis) is 1. The minimum absolute atomic E-state index is 0.241. The van der Waals surface area contributed by atoms with Gasteiger partial charge in [0.2, 0.25) is 0 Å². The molecule has 0 spiro atoms. The van der Waals surface area contributed by atoms with Gasteiger partial charge in [0.1, 0.15) is 0 Å². The predicted molar refractivity (Wildman–Crippen MR) is 64.3 cm³/mol. The molecule has 0 aliphatic rings. The molecule has 0 aromatic heterocycles. The van der Waals surface area contributed by atoms with Gasteiger partial charge < -0.3 is 15.2 Å². The van der Waals surface area contributed by atoms with Gasteiger partial charge in [0, 0.05) is 6.54 Å². The van der Waals surface area contributed by atoms with Gasteiger partial charge in [-0.2, -0.15) is 0 Å². The molecule has 0 aromatic carbocycles. The molecule has 0 saturated carbocycles. The van der Waals surface area contributed by atoms with Crippen LogP contribution in [0.2, 0.25) is 0 Å². The maximum absolute atomic E-state index is 11.2. The van der Waals surface area contributed by atoms with Crippen LogP contribution in [0.15, 0.2) is 0 Å². The largest absolute Gasteiger partial charge is 0.449 e. The zero-order chi connectivity index (χ0) is 12.6. The third kappa shape index (κ3) is 6.67. The summed E-state index contributed by atoms with van der Waals surface area (Å²) in [6.07, 6.45) is 0.904. The molecule has 1 atom stereocenters. The van der Waals surface area contributed by atoms with E-state index in [0.29, 0.717) is 12.5 Å². The number of aliphatic hydroxyl groups is 1. The first-order valence-electron chi connectivity index (χ1n) is 6.09. The number of hydrogen-bond acceptors (Lipinski definition) is 3. The number of amides is 1. The van der Waals surface area contributed by atoms with Gasteiger partial charge in [0.25, 0.3) is 0 Å². The highest BCUT2D eigenvalue weighted by Gasteiger charge is 2.16. The summed E-state index contributed by atoms with van der Waals surface area (Å²) in [5, 5.41) is 12.3. The summed E-state index contributed by atoms with van der Waals surface area (Å²) in [6, 6.07) is 0. The van der Waals surface area contributed by atoms with Gasteiger partial charge in [0.15, 0.2) is 0 Å².